The van der Waals surface area contributed by atoms with Gasteiger partial charge in [0.1, 0.15) is 0 Å². The molecule has 1 aromatic carbocycles. The van der Waals surface area contributed by atoms with E-state index in [-0.39, 0.29) is 11.1 Å². The predicted molar refractivity (Wildman–Crippen MR) is 57.6 cm³/mol. The van der Waals surface area contributed by atoms with Crippen LogP contribution < -0.4 is 5.56 Å². The first kappa shape index (κ1) is 9.06. The number of nitrogens with zero attached hydrogens (tertiary/aromatic N) is 1. The molecule has 0 bridgehead atoms. The molecule has 0 aliphatic heterocycles. The van der Waals surface area contributed by atoms with Gasteiger partial charge >= 0.3 is 0 Å². The van der Waals surface area contributed by atoms with Gasteiger partial charge in [-0.25, -0.2) is 4.68 Å². The molecular weight excluding hydrogens is 176 g/mol. The van der Waals surface area contributed by atoms with Gasteiger partial charge in [0, 0.05) is 0 Å². The normalized spacial score (nSPS) is 12.2. The first-order valence-corrected chi connectivity index (χ1v) is 4.70. The summed E-state index contributed by atoms with van der Waals surface area (Å²) in [6, 6.07) is 7.56. The molecule has 14 heavy (non-hydrogen) atoms. The van der Waals surface area contributed by atoms with Crippen molar-refractivity contribution in [2.75, 3.05) is 0 Å². The average molecular weight is 190 g/mol. The van der Waals surface area contributed by atoms with E-state index in [9.17, 15) is 4.79 Å². The fourth-order valence-corrected chi connectivity index (χ4v) is 1.53. The maximum atomic E-state index is 11.9. The van der Waals surface area contributed by atoms with Crippen molar-refractivity contribution in [3.05, 3.63) is 34.6 Å². The molecule has 0 amide bonds. The summed E-state index contributed by atoms with van der Waals surface area (Å²) in [4.78, 5) is 11.9. The zero-order chi connectivity index (χ0) is 10.3. The number of hydrogen-bond acceptors (Lipinski definition) is 1. The number of hydrogen-bond donors (Lipinski definition) is 1. The number of fused-ring (bicyclic) bond motifs is 1. The van der Waals surface area contributed by atoms with Crippen LogP contribution in [0.2, 0.25) is 0 Å². The zero-order valence-corrected chi connectivity index (χ0v) is 8.66. The van der Waals surface area contributed by atoms with Crippen LogP contribution in [0.15, 0.2) is 29.1 Å². The molecule has 0 fully saturated rings. The zero-order valence-electron chi connectivity index (χ0n) is 8.66. The summed E-state index contributed by atoms with van der Waals surface area (Å²) in [5.41, 5.74) is 0.747. The number of para-hydroxylation sites is 1. The lowest BCUT2D eigenvalue weighted by Gasteiger charge is -2.18. The third-order valence-electron chi connectivity index (χ3n) is 2.26. The Kier molecular flexibility index (Phi) is 1.77. The van der Waals surface area contributed by atoms with E-state index in [1.807, 2.05) is 45.0 Å². The van der Waals surface area contributed by atoms with Gasteiger partial charge in [-0.2, -0.15) is 0 Å². The minimum absolute atomic E-state index is 0.0492. The smallest absolute Gasteiger partial charge is 0.274 e. The molecular formula is C11H14N2O. The number of H-pyrrole nitrogens is 1. The quantitative estimate of drug-likeness (QED) is 0.678. The molecule has 0 aliphatic carbocycles. The minimum Gasteiger partial charge on any atom is -0.294 e. The van der Waals surface area contributed by atoms with Gasteiger partial charge in [-0.15, -0.1) is 0 Å². The van der Waals surface area contributed by atoms with Crippen molar-refractivity contribution < 1.29 is 0 Å². The van der Waals surface area contributed by atoms with Crippen molar-refractivity contribution >= 4 is 10.9 Å². The molecule has 0 aliphatic rings. The molecule has 0 spiro atoms. The third kappa shape index (κ3) is 1.25. The largest absolute Gasteiger partial charge is 0.294 e. The van der Waals surface area contributed by atoms with Crippen molar-refractivity contribution in [2.45, 2.75) is 26.3 Å². The van der Waals surface area contributed by atoms with E-state index in [1.165, 1.54) is 0 Å². The van der Waals surface area contributed by atoms with Crippen molar-refractivity contribution in [1.29, 1.82) is 0 Å². The molecule has 3 heteroatoms. The molecule has 0 unspecified atom stereocenters. The van der Waals surface area contributed by atoms with Gasteiger partial charge in [0.25, 0.3) is 5.56 Å². The van der Waals surface area contributed by atoms with Gasteiger partial charge < -0.3 is 0 Å². The van der Waals surface area contributed by atoms with E-state index < -0.39 is 0 Å². The second-order valence-electron chi connectivity index (χ2n) is 4.47. The Morgan fingerprint density at radius 3 is 2.43 bits per heavy atom. The summed E-state index contributed by atoms with van der Waals surface area (Å²) in [7, 11) is 0. The van der Waals surface area contributed by atoms with Gasteiger partial charge in [0.15, 0.2) is 0 Å². The maximum Gasteiger partial charge on any atom is 0.274 e. The Labute approximate surface area is 82.3 Å². The number of nitrogens with one attached hydrogen (secondary N) is 1. The summed E-state index contributed by atoms with van der Waals surface area (Å²) < 4.78 is 1.66. The second-order valence-corrected chi connectivity index (χ2v) is 4.47. The van der Waals surface area contributed by atoms with Gasteiger partial charge in [0.05, 0.1) is 16.4 Å². The van der Waals surface area contributed by atoms with Crippen LogP contribution in [-0.2, 0) is 5.54 Å². The third-order valence-corrected chi connectivity index (χ3v) is 2.26. The highest BCUT2D eigenvalue weighted by atomic mass is 16.1. The molecule has 0 saturated carbocycles. The highest BCUT2D eigenvalue weighted by Crippen LogP contribution is 2.13. The van der Waals surface area contributed by atoms with E-state index in [1.54, 1.807) is 4.68 Å². The molecule has 1 N–H and O–H groups in total. The van der Waals surface area contributed by atoms with Crippen molar-refractivity contribution in [2.24, 2.45) is 0 Å². The number of aromatic amines is 1. The molecule has 1 heterocycles. The van der Waals surface area contributed by atoms with E-state index >= 15 is 0 Å². The number of benzene rings is 1. The topological polar surface area (TPSA) is 37.8 Å². The lowest BCUT2D eigenvalue weighted by atomic mass is 10.1. The van der Waals surface area contributed by atoms with Crippen LogP contribution in [0.4, 0.5) is 0 Å². The fraction of sp³-hybridized carbons (Fsp3) is 0.364. The van der Waals surface area contributed by atoms with Crippen LogP contribution >= 0.6 is 0 Å². The molecule has 2 aromatic rings. The Balaban J connectivity index is 2.82. The van der Waals surface area contributed by atoms with E-state index in [4.69, 9.17) is 0 Å². The number of aromatic nitrogens is 2. The minimum atomic E-state index is -0.198. The van der Waals surface area contributed by atoms with Crippen LogP contribution in [0.25, 0.3) is 10.9 Å². The van der Waals surface area contributed by atoms with Gasteiger partial charge in [-0.05, 0) is 32.9 Å². The average Bonchev–Trinajstić information content (AvgIpc) is 2.44. The van der Waals surface area contributed by atoms with Crippen LogP contribution in [-0.4, -0.2) is 9.78 Å². The van der Waals surface area contributed by atoms with Gasteiger partial charge in [-0.1, -0.05) is 12.1 Å². The predicted octanol–water partition coefficient (Wildman–Crippen LogP) is 2.08. The molecule has 3 nitrogen and oxygen atoms in total. The van der Waals surface area contributed by atoms with Gasteiger partial charge in [-0.3, -0.25) is 9.89 Å². The van der Waals surface area contributed by atoms with Crippen molar-refractivity contribution in [3.8, 4) is 0 Å². The Morgan fingerprint density at radius 2 is 1.86 bits per heavy atom. The van der Waals surface area contributed by atoms with Gasteiger partial charge in [0.2, 0.25) is 0 Å². The first-order chi connectivity index (χ1) is 6.50. The highest BCUT2D eigenvalue weighted by Gasteiger charge is 2.17. The molecule has 1 aromatic heterocycles. The molecule has 0 radical (unpaired) electrons. The van der Waals surface area contributed by atoms with Crippen molar-refractivity contribution in [1.82, 2.24) is 9.78 Å². The van der Waals surface area contributed by atoms with Crippen LogP contribution in [0.5, 0.6) is 0 Å². The molecule has 2 rings (SSSR count). The fourth-order valence-electron chi connectivity index (χ4n) is 1.53. The monoisotopic (exact) mass is 190 g/mol. The number of rotatable bonds is 0. The SMILES string of the molecule is CC(C)(C)n1[nH]c2ccccc2c1=O. The maximum absolute atomic E-state index is 11.9. The summed E-state index contributed by atoms with van der Waals surface area (Å²) in [5, 5.41) is 3.86. The van der Waals surface area contributed by atoms with E-state index in [2.05, 4.69) is 5.10 Å². The lowest BCUT2D eigenvalue weighted by Crippen LogP contribution is -2.32. The van der Waals surface area contributed by atoms with E-state index in [0.717, 1.165) is 10.9 Å². The summed E-state index contributed by atoms with van der Waals surface area (Å²) >= 11 is 0. The lowest BCUT2D eigenvalue weighted by molar-refractivity contribution is 0.348. The van der Waals surface area contributed by atoms with E-state index in [0.29, 0.717) is 0 Å². The molecule has 0 atom stereocenters. The highest BCUT2D eigenvalue weighted by molar-refractivity contribution is 5.77. The Bertz CT molecular complexity index is 514. The Morgan fingerprint density at radius 1 is 1.21 bits per heavy atom. The van der Waals surface area contributed by atoms with Crippen LogP contribution in [0.1, 0.15) is 20.8 Å². The molecule has 0 saturated heterocycles. The first-order valence-electron chi connectivity index (χ1n) is 4.70. The van der Waals surface area contributed by atoms with Crippen molar-refractivity contribution in [3.63, 3.8) is 0 Å². The Hall–Kier alpha value is -1.51. The second kappa shape index (κ2) is 2.74. The standard InChI is InChI=1S/C11H14N2O/c1-11(2,3)13-10(14)8-6-4-5-7-9(8)12-13/h4-7,12H,1-3H3. The summed E-state index contributed by atoms with van der Waals surface area (Å²) in [6.07, 6.45) is 0. The van der Waals surface area contributed by atoms with Crippen LogP contribution in [0, 0.1) is 0 Å². The molecule has 74 valence electrons. The van der Waals surface area contributed by atoms with Crippen LogP contribution in [0.3, 0.4) is 0 Å². The summed E-state index contributed by atoms with van der Waals surface area (Å²) in [6.45, 7) is 6.01. The summed E-state index contributed by atoms with van der Waals surface area (Å²) in [5.74, 6) is 0.